The number of pyridine rings is 1. The van der Waals surface area contributed by atoms with Crippen LogP contribution in [-0.2, 0) is 0 Å². The molecule has 36 heavy (non-hydrogen) atoms. The predicted octanol–water partition coefficient (Wildman–Crippen LogP) is 5.02. The molecule has 3 aromatic rings. The lowest BCUT2D eigenvalue weighted by Crippen LogP contribution is -2.48. The third kappa shape index (κ3) is 5.09. The van der Waals surface area contributed by atoms with Gasteiger partial charge in [0, 0.05) is 29.4 Å². The van der Waals surface area contributed by atoms with Crippen molar-refractivity contribution in [2.45, 2.75) is 57.7 Å². The molecule has 1 fully saturated rings. The van der Waals surface area contributed by atoms with Gasteiger partial charge < -0.3 is 10.1 Å². The van der Waals surface area contributed by atoms with Gasteiger partial charge in [-0.05, 0) is 69.4 Å². The number of fused-ring (bicyclic) bond motifs is 1. The molecule has 194 valence electrons. The quantitative estimate of drug-likeness (QED) is 0.438. The van der Waals surface area contributed by atoms with E-state index in [0.717, 1.165) is 42.7 Å². The van der Waals surface area contributed by atoms with E-state index in [-0.39, 0.29) is 23.3 Å². The van der Waals surface area contributed by atoms with Crippen molar-refractivity contribution in [3.8, 4) is 11.6 Å². The smallest absolute Gasteiger partial charge is 0.428 e. The highest BCUT2D eigenvalue weighted by Gasteiger charge is 2.44. The van der Waals surface area contributed by atoms with Gasteiger partial charge in [0.2, 0.25) is 0 Å². The van der Waals surface area contributed by atoms with E-state index in [4.69, 9.17) is 0 Å². The number of rotatable bonds is 7. The van der Waals surface area contributed by atoms with E-state index < -0.39 is 24.0 Å². The van der Waals surface area contributed by atoms with Crippen molar-refractivity contribution >= 4 is 28.7 Å². The number of alkyl halides is 4. The van der Waals surface area contributed by atoms with Gasteiger partial charge in [-0.1, -0.05) is 0 Å². The van der Waals surface area contributed by atoms with Crippen LogP contribution in [0.2, 0.25) is 0 Å². The van der Waals surface area contributed by atoms with Crippen LogP contribution >= 0.6 is 11.8 Å². The molecule has 1 aliphatic rings. The van der Waals surface area contributed by atoms with Crippen molar-refractivity contribution in [3.63, 3.8) is 0 Å². The van der Waals surface area contributed by atoms with E-state index in [1.807, 2.05) is 18.7 Å². The van der Waals surface area contributed by atoms with Crippen molar-refractivity contribution in [1.29, 1.82) is 0 Å². The molecule has 0 radical (unpaired) electrons. The number of hydrogen-bond acceptors (Lipinski definition) is 5. The van der Waals surface area contributed by atoms with Gasteiger partial charge in [-0.2, -0.15) is 29.3 Å². The van der Waals surface area contributed by atoms with Gasteiger partial charge in [0.25, 0.3) is 5.91 Å². The zero-order chi connectivity index (χ0) is 26.3. The lowest BCUT2D eigenvalue weighted by molar-refractivity contribution is -0.253. The van der Waals surface area contributed by atoms with Gasteiger partial charge in [0.05, 0.1) is 11.0 Å². The van der Waals surface area contributed by atoms with Gasteiger partial charge in [-0.25, -0.2) is 14.3 Å². The fourth-order valence-electron chi connectivity index (χ4n) is 4.16. The number of hydrogen-bond donors (Lipinski definition) is 1. The Morgan fingerprint density at radius 2 is 1.86 bits per heavy atom. The van der Waals surface area contributed by atoms with Crippen LogP contribution < -0.4 is 15.7 Å². The van der Waals surface area contributed by atoms with Crippen molar-refractivity contribution in [2.24, 2.45) is 0 Å². The Labute approximate surface area is 208 Å². The van der Waals surface area contributed by atoms with Crippen LogP contribution in [0.15, 0.2) is 41.3 Å². The first-order valence-corrected chi connectivity index (χ1v) is 12.6. The number of amides is 1. The molecule has 3 heterocycles. The summed E-state index contributed by atoms with van der Waals surface area (Å²) in [5.41, 5.74) is 0.342. The van der Waals surface area contributed by atoms with Crippen molar-refractivity contribution in [1.82, 2.24) is 19.4 Å². The number of thioether (sulfide) groups is 1. The number of aromatic nitrogens is 3. The largest absolute Gasteiger partial charge is 0.461 e. The molecule has 4 rings (SSSR count). The predicted molar refractivity (Wildman–Crippen MR) is 130 cm³/mol. The molecule has 1 amide bonds. The summed E-state index contributed by atoms with van der Waals surface area (Å²) in [6.07, 6.45) is -5.94. The van der Waals surface area contributed by atoms with Crippen LogP contribution in [-0.4, -0.2) is 49.6 Å². The third-order valence-electron chi connectivity index (χ3n) is 6.12. The average molecular weight is 527 g/mol. The lowest BCUT2D eigenvalue weighted by atomic mass is 9.94. The van der Waals surface area contributed by atoms with E-state index in [9.17, 15) is 27.2 Å². The van der Waals surface area contributed by atoms with Gasteiger partial charge >= 0.3 is 18.2 Å². The molecule has 12 heteroatoms. The van der Waals surface area contributed by atoms with Crippen molar-refractivity contribution in [3.05, 3.63) is 52.6 Å². The van der Waals surface area contributed by atoms with E-state index in [2.05, 4.69) is 15.0 Å². The Morgan fingerprint density at radius 1 is 1.17 bits per heavy atom. The zero-order valence-electron chi connectivity index (χ0n) is 19.9. The Hall–Kier alpha value is -3.02. The van der Waals surface area contributed by atoms with Gasteiger partial charge in [-0.3, -0.25) is 9.36 Å². The number of nitrogens with one attached hydrogen (secondary N) is 1. The summed E-state index contributed by atoms with van der Waals surface area (Å²) in [6.45, 7) is 5.59. The molecule has 1 aliphatic heterocycles. The Bertz CT molecular complexity index is 1330. The standard InChI is InChI=1S/C24H26F4N4O3S/c1-14(2)31-18-12-15(20(33)30-23(3)7-10-36-11-8-23)4-5-17(18)32(22(31)34)19-13-16(6-9-29-19)35-24(27,28)21(25)26/h4-6,9,12-14,21H,7-8,10-11H2,1-3H3,(H,30,33). The summed E-state index contributed by atoms with van der Waals surface area (Å²) in [5.74, 6) is 1.01. The minimum Gasteiger partial charge on any atom is -0.428 e. The number of ether oxygens (including phenoxy) is 1. The SMILES string of the molecule is CC(C)n1c(=O)n(-c2cc(OC(F)(F)C(F)F)ccn2)c2ccc(C(=O)NC3(C)CCSCC3)cc21. The number of benzene rings is 1. The highest BCUT2D eigenvalue weighted by atomic mass is 32.2. The normalized spacial score (nSPS) is 16.0. The van der Waals surface area contributed by atoms with Gasteiger partial charge in [0.1, 0.15) is 11.6 Å². The Balaban J connectivity index is 1.75. The number of imidazole rings is 1. The van der Waals surface area contributed by atoms with E-state index in [1.165, 1.54) is 9.13 Å². The fourth-order valence-corrected chi connectivity index (χ4v) is 5.56. The highest BCUT2D eigenvalue weighted by Crippen LogP contribution is 2.30. The Morgan fingerprint density at radius 3 is 2.50 bits per heavy atom. The van der Waals surface area contributed by atoms with Crippen LogP contribution in [0.4, 0.5) is 17.6 Å². The first-order valence-electron chi connectivity index (χ1n) is 11.4. The monoisotopic (exact) mass is 526 g/mol. The first kappa shape index (κ1) is 26.1. The molecule has 2 aromatic heterocycles. The molecule has 0 aliphatic carbocycles. The molecule has 0 atom stereocenters. The molecular weight excluding hydrogens is 500 g/mol. The molecule has 1 aromatic carbocycles. The second-order valence-corrected chi connectivity index (χ2v) is 10.5. The summed E-state index contributed by atoms with van der Waals surface area (Å²) in [5, 5.41) is 3.11. The van der Waals surface area contributed by atoms with Crippen LogP contribution in [0.5, 0.6) is 5.75 Å². The molecule has 1 saturated heterocycles. The van der Waals surface area contributed by atoms with Gasteiger partial charge in [0.15, 0.2) is 0 Å². The molecule has 7 nitrogen and oxygen atoms in total. The van der Waals surface area contributed by atoms with Crippen molar-refractivity contribution < 1.29 is 27.1 Å². The maximum absolute atomic E-state index is 13.4. The average Bonchev–Trinajstić information content (AvgIpc) is 3.10. The first-order chi connectivity index (χ1) is 16.9. The third-order valence-corrected chi connectivity index (χ3v) is 7.10. The zero-order valence-corrected chi connectivity index (χ0v) is 20.8. The van der Waals surface area contributed by atoms with E-state index in [0.29, 0.717) is 16.6 Å². The minimum atomic E-state index is -4.70. The molecule has 0 unspecified atom stereocenters. The highest BCUT2D eigenvalue weighted by molar-refractivity contribution is 7.99. The Kier molecular flexibility index (Phi) is 7.09. The van der Waals surface area contributed by atoms with Gasteiger partial charge in [-0.15, -0.1) is 0 Å². The van der Waals surface area contributed by atoms with E-state index in [1.54, 1.807) is 32.0 Å². The fraction of sp³-hybridized carbons (Fsp3) is 0.458. The minimum absolute atomic E-state index is 0.0867. The number of carbonyl (C=O) groups excluding carboxylic acids is 1. The second kappa shape index (κ2) is 9.79. The summed E-state index contributed by atoms with van der Waals surface area (Å²) in [4.78, 5) is 30.5. The van der Waals surface area contributed by atoms with Crippen LogP contribution in [0.1, 0.15) is 50.0 Å². The molecule has 0 bridgehead atoms. The number of carbonyl (C=O) groups is 1. The lowest BCUT2D eigenvalue weighted by Gasteiger charge is -2.34. The molecular formula is C24H26F4N4O3S. The topological polar surface area (TPSA) is 78.2 Å². The summed E-state index contributed by atoms with van der Waals surface area (Å²) in [7, 11) is 0. The van der Waals surface area contributed by atoms with Crippen LogP contribution in [0, 0.1) is 0 Å². The number of nitrogens with zero attached hydrogens (tertiary/aromatic N) is 3. The summed E-state index contributed by atoms with van der Waals surface area (Å²) in [6, 6.07) is 6.44. The van der Waals surface area contributed by atoms with E-state index >= 15 is 0 Å². The molecule has 1 N–H and O–H groups in total. The molecule has 0 saturated carbocycles. The summed E-state index contributed by atoms with van der Waals surface area (Å²) >= 11 is 1.85. The molecule has 0 spiro atoms. The van der Waals surface area contributed by atoms with Crippen LogP contribution in [0.3, 0.4) is 0 Å². The van der Waals surface area contributed by atoms with Crippen LogP contribution in [0.25, 0.3) is 16.9 Å². The maximum atomic E-state index is 13.4. The van der Waals surface area contributed by atoms with Crippen molar-refractivity contribution in [2.75, 3.05) is 11.5 Å². The maximum Gasteiger partial charge on any atom is 0.461 e. The summed E-state index contributed by atoms with van der Waals surface area (Å²) < 4.78 is 58.8. The second-order valence-electron chi connectivity index (χ2n) is 9.23. The number of halogens is 4.